The molecule has 1 aliphatic heterocycles. The van der Waals surface area contributed by atoms with Gasteiger partial charge in [-0.05, 0) is 49.2 Å². The van der Waals surface area contributed by atoms with Crippen molar-refractivity contribution in [3.05, 3.63) is 64.8 Å². The largest absolute Gasteiger partial charge is 0.497 e. The van der Waals surface area contributed by atoms with Crippen molar-refractivity contribution in [3.63, 3.8) is 0 Å². The Morgan fingerprint density at radius 3 is 2.88 bits per heavy atom. The highest BCUT2D eigenvalue weighted by molar-refractivity contribution is 5.95. The fraction of sp³-hybridized carbons (Fsp3) is 0.250. The summed E-state index contributed by atoms with van der Waals surface area (Å²) in [7, 11) is 1.68. The highest BCUT2D eigenvalue weighted by Gasteiger charge is 2.24. The molecular formula is C20H20N2O2. The number of hydrogen-bond donors (Lipinski definition) is 1. The number of aromatic amines is 1. The van der Waals surface area contributed by atoms with Gasteiger partial charge in [-0.3, -0.25) is 4.79 Å². The van der Waals surface area contributed by atoms with E-state index in [2.05, 4.69) is 11.1 Å². The third kappa shape index (κ3) is 2.44. The van der Waals surface area contributed by atoms with Gasteiger partial charge >= 0.3 is 0 Å². The maximum absolute atomic E-state index is 12.8. The second kappa shape index (κ2) is 5.71. The summed E-state index contributed by atoms with van der Waals surface area (Å²) in [5.41, 5.74) is 5.40. The van der Waals surface area contributed by atoms with Gasteiger partial charge in [-0.15, -0.1) is 0 Å². The number of fused-ring (bicyclic) bond motifs is 3. The standard InChI is InChI=1S/C20H20N2O2/c1-13-4-3-5-14(10-13)20(23)22-9-8-16-17-11-15(24-2)6-7-18(17)21-19(16)12-22/h3-7,10-11,21H,8-9,12H2,1-2H3. The van der Waals surface area contributed by atoms with Crippen LogP contribution in [0.15, 0.2) is 42.5 Å². The van der Waals surface area contributed by atoms with Crippen molar-refractivity contribution < 1.29 is 9.53 Å². The SMILES string of the molecule is COc1ccc2[nH]c3c(c2c1)CCN(C(=O)c1cccc(C)c1)C3. The molecule has 0 atom stereocenters. The molecule has 0 bridgehead atoms. The van der Waals surface area contributed by atoms with Crippen molar-refractivity contribution in [2.45, 2.75) is 19.9 Å². The number of aryl methyl sites for hydroxylation is 1. The summed E-state index contributed by atoms with van der Waals surface area (Å²) in [6.45, 7) is 3.37. The Morgan fingerprint density at radius 1 is 1.21 bits per heavy atom. The van der Waals surface area contributed by atoms with Crippen molar-refractivity contribution >= 4 is 16.8 Å². The number of hydrogen-bond acceptors (Lipinski definition) is 2. The summed E-state index contributed by atoms with van der Waals surface area (Å²) in [4.78, 5) is 18.2. The highest BCUT2D eigenvalue weighted by Crippen LogP contribution is 2.30. The number of carbonyl (C=O) groups is 1. The maximum atomic E-state index is 12.8. The zero-order valence-corrected chi connectivity index (χ0v) is 13.9. The first-order valence-electron chi connectivity index (χ1n) is 8.19. The second-order valence-electron chi connectivity index (χ2n) is 6.34. The number of methoxy groups -OCH3 is 1. The lowest BCUT2D eigenvalue weighted by molar-refractivity contribution is 0.0733. The smallest absolute Gasteiger partial charge is 0.254 e. The summed E-state index contributed by atoms with van der Waals surface area (Å²) in [6, 6.07) is 13.9. The Kier molecular flexibility index (Phi) is 3.53. The van der Waals surface area contributed by atoms with Crippen molar-refractivity contribution in [2.75, 3.05) is 13.7 Å². The Balaban J connectivity index is 1.65. The zero-order valence-electron chi connectivity index (χ0n) is 13.9. The molecule has 4 nitrogen and oxygen atoms in total. The van der Waals surface area contributed by atoms with Gasteiger partial charge < -0.3 is 14.6 Å². The van der Waals surface area contributed by atoms with Gasteiger partial charge in [-0.2, -0.15) is 0 Å². The van der Waals surface area contributed by atoms with Crippen LogP contribution < -0.4 is 4.74 Å². The van der Waals surface area contributed by atoms with Gasteiger partial charge in [-0.25, -0.2) is 0 Å². The van der Waals surface area contributed by atoms with Crippen LogP contribution >= 0.6 is 0 Å². The Labute approximate surface area is 141 Å². The van der Waals surface area contributed by atoms with Crippen LogP contribution in [0.3, 0.4) is 0 Å². The Morgan fingerprint density at radius 2 is 2.08 bits per heavy atom. The van der Waals surface area contributed by atoms with Crippen molar-refractivity contribution in [1.29, 1.82) is 0 Å². The van der Waals surface area contributed by atoms with E-state index in [0.717, 1.165) is 41.1 Å². The molecule has 0 saturated carbocycles. The first kappa shape index (κ1) is 14.8. The molecule has 4 rings (SSSR count). The molecule has 0 saturated heterocycles. The molecule has 2 aromatic carbocycles. The first-order valence-corrected chi connectivity index (χ1v) is 8.19. The van der Waals surface area contributed by atoms with E-state index in [9.17, 15) is 4.79 Å². The summed E-state index contributed by atoms with van der Waals surface area (Å²) in [6.07, 6.45) is 0.861. The van der Waals surface area contributed by atoms with Gasteiger partial charge in [0.05, 0.1) is 13.7 Å². The average molecular weight is 320 g/mol. The number of rotatable bonds is 2. The zero-order chi connectivity index (χ0) is 16.7. The number of ether oxygens (including phenoxy) is 1. The third-order valence-electron chi connectivity index (χ3n) is 4.73. The quantitative estimate of drug-likeness (QED) is 0.783. The van der Waals surface area contributed by atoms with Crippen LogP contribution in [0.5, 0.6) is 5.75 Å². The molecular weight excluding hydrogens is 300 g/mol. The molecule has 1 amide bonds. The predicted molar refractivity (Wildman–Crippen MR) is 94.5 cm³/mol. The molecule has 4 heteroatoms. The van der Waals surface area contributed by atoms with E-state index < -0.39 is 0 Å². The minimum absolute atomic E-state index is 0.0978. The molecule has 122 valence electrons. The number of amides is 1. The molecule has 0 radical (unpaired) electrons. The number of aromatic nitrogens is 1. The molecule has 0 spiro atoms. The normalized spacial score (nSPS) is 13.8. The number of H-pyrrole nitrogens is 1. The van der Waals surface area contributed by atoms with Gasteiger partial charge in [-0.1, -0.05) is 17.7 Å². The fourth-order valence-electron chi connectivity index (χ4n) is 3.48. The maximum Gasteiger partial charge on any atom is 0.254 e. The van der Waals surface area contributed by atoms with Crippen LogP contribution in [-0.4, -0.2) is 29.4 Å². The van der Waals surface area contributed by atoms with Gasteiger partial charge in [0.15, 0.2) is 0 Å². The molecule has 1 aromatic heterocycles. The summed E-state index contributed by atoms with van der Waals surface area (Å²) in [5.74, 6) is 0.961. The average Bonchev–Trinajstić information content (AvgIpc) is 2.97. The molecule has 0 aliphatic carbocycles. The molecule has 1 N–H and O–H groups in total. The van der Waals surface area contributed by atoms with E-state index in [1.807, 2.05) is 48.2 Å². The van der Waals surface area contributed by atoms with Crippen LogP contribution in [0.4, 0.5) is 0 Å². The Hall–Kier alpha value is -2.75. The van der Waals surface area contributed by atoms with E-state index in [1.165, 1.54) is 10.9 Å². The minimum Gasteiger partial charge on any atom is -0.497 e. The number of benzene rings is 2. The summed E-state index contributed by atoms with van der Waals surface area (Å²) in [5, 5.41) is 1.20. The predicted octanol–water partition coefficient (Wildman–Crippen LogP) is 3.68. The van der Waals surface area contributed by atoms with Crippen molar-refractivity contribution in [1.82, 2.24) is 9.88 Å². The van der Waals surface area contributed by atoms with Gasteiger partial charge in [0.25, 0.3) is 5.91 Å². The lowest BCUT2D eigenvalue weighted by atomic mass is 10.0. The molecule has 24 heavy (non-hydrogen) atoms. The van der Waals surface area contributed by atoms with E-state index >= 15 is 0 Å². The topological polar surface area (TPSA) is 45.3 Å². The van der Waals surface area contributed by atoms with Crippen LogP contribution in [0.2, 0.25) is 0 Å². The van der Waals surface area contributed by atoms with Crippen LogP contribution in [0.1, 0.15) is 27.2 Å². The number of nitrogens with zero attached hydrogens (tertiary/aromatic N) is 1. The van der Waals surface area contributed by atoms with Gasteiger partial charge in [0, 0.05) is 28.7 Å². The highest BCUT2D eigenvalue weighted by atomic mass is 16.5. The molecule has 0 unspecified atom stereocenters. The van der Waals surface area contributed by atoms with Crippen molar-refractivity contribution in [2.24, 2.45) is 0 Å². The van der Waals surface area contributed by atoms with E-state index in [1.54, 1.807) is 7.11 Å². The van der Waals surface area contributed by atoms with Gasteiger partial charge in [0.1, 0.15) is 5.75 Å². The van der Waals surface area contributed by atoms with E-state index in [0.29, 0.717) is 6.54 Å². The molecule has 2 heterocycles. The van der Waals surface area contributed by atoms with Crippen LogP contribution in [0, 0.1) is 6.92 Å². The monoisotopic (exact) mass is 320 g/mol. The fourth-order valence-corrected chi connectivity index (χ4v) is 3.48. The third-order valence-corrected chi connectivity index (χ3v) is 4.73. The number of carbonyl (C=O) groups excluding carboxylic acids is 1. The number of nitrogens with one attached hydrogen (secondary N) is 1. The van der Waals surface area contributed by atoms with Gasteiger partial charge in [0.2, 0.25) is 0 Å². The second-order valence-corrected chi connectivity index (χ2v) is 6.34. The van der Waals surface area contributed by atoms with Crippen molar-refractivity contribution in [3.8, 4) is 5.75 Å². The first-order chi connectivity index (χ1) is 11.7. The Bertz CT molecular complexity index is 927. The lowest BCUT2D eigenvalue weighted by Crippen LogP contribution is -2.35. The van der Waals surface area contributed by atoms with Crippen LogP contribution in [0.25, 0.3) is 10.9 Å². The minimum atomic E-state index is 0.0978. The summed E-state index contributed by atoms with van der Waals surface area (Å²) >= 11 is 0. The molecule has 0 fully saturated rings. The molecule has 1 aliphatic rings. The molecule has 3 aromatic rings. The van der Waals surface area contributed by atoms with E-state index in [-0.39, 0.29) is 5.91 Å². The lowest BCUT2D eigenvalue weighted by Gasteiger charge is -2.27. The van der Waals surface area contributed by atoms with E-state index in [4.69, 9.17) is 4.74 Å². The van der Waals surface area contributed by atoms with Crippen LogP contribution in [-0.2, 0) is 13.0 Å². The summed E-state index contributed by atoms with van der Waals surface area (Å²) < 4.78 is 5.33.